The van der Waals surface area contributed by atoms with Gasteiger partial charge in [0.25, 0.3) is 0 Å². The molecule has 2 aromatic carbocycles. The molecule has 29 heavy (non-hydrogen) atoms. The molecule has 3 atom stereocenters. The van der Waals surface area contributed by atoms with Gasteiger partial charge in [0, 0.05) is 11.4 Å². The molecule has 5 rings (SSSR count). The second kappa shape index (κ2) is 7.06. The van der Waals surface area contributed by atoms with Crippen molar-refractivity contribution in [1.82, 2.24) is 9.13 Å². The molecule has 0 spiro atoms. The third-order valence-electron chi connectivity index (χ3n) is 6.01. The van der Waals surface area contributed by atoms with Gasteiger partial charge in [0.2, 0.25) is 6.29 Å². The van der Waals surface area contributed by atoms with Gasteiger partial charge in [0.05, 0.1) is 30.2 Å². The minimum absolute atomic E-state index is 0.0264. The lowest BCUT2D eigenvalue weighted by atomic mass is 10.0. The lowest BCUT2D eigenvalue weighted by Crippen LogP contribution is -2.37. The van der Waals surface area contributed by atoms with E-state index in [0.29, 0.717) is 29.4 Å². The first-order chi connectivity index (χ1) is 13.9. The van der Waals surface area contributed by atoms with E-state index >= 15 is 0 Å². The van der Waals surface area contributed by atoms with Crippen molar-refractivity contribution in [2.75, 3.05) is 6.61 Å². The Morgan fingerprint density at radius 2 is 1.90 bits per heavy atom. The summed E-state index contributed by atoms with van der Waals surface area (Å²) < 4.78 is 16.2. The molecule has 0 aliphatic carbocycles. The van der Waals surface area contributed by atoms with E-state index in [1.165, 1.54) is 11.1 Å². The SMILES string of the molecule is Cc1cc2c(cc1C)n([C@@H]1CC(=O)[C@H]3OC[C@H]1O3)c(=S)n2Cc1ccccc1Cl. The Bertz CT molecular complexity index is 1200. The van der Waals surface area contributed by atoms with Gasteiger partial charge in [-0.3, -0.25) is 4.79 Å². The number of benzene rings is 2. The summed E-state index contributed by atoms with van der Waals surface area (Å²) in [7, 11) is 0. The van der Waals surface area contributed by atoms with Crippen molar-refractivity contribution in [3.63, 3.8) is 0 Å². The van der Waals surface area contributed by atoms with Crippen LogP contribution in [0.5, 0.6) is 0 Å². The Morgan fingerprint density at radius 1 is 1.17 bits per heavy atom. The van der Waals surface area contributed by atoms with Gasteiger partial charge in [-0.2, -0.15) is 0 Å². The van der Waals surface area contributed by atoms with Crippen LogP contribution < -0.4 is 0 Å². The van der Waals surface area contributed by atoms with E-state index in [0.717, 1.165) is 16.6 Å². The molecule has 0 radical (unpaired) electrons. The summed E-state index contributed by atoms with van der Waals surface area (Å²) in [5.41, 5.74) is 5.42. The average Bonchev–Trinajstić information content (AvgIpc) is 3.23. The molecule has 3 heterocycles. The van der Waals surface area contributed by atoms with Crippen molar-refractivity contribution in [3.8, 4) is 0 Å². The van der Waals surface area contributed by atoms with Gasteiger partial charge in [0.15, 0.2) is 10.6 Å². The Morgan fingerprint density at radius 3 is 2.66 bits per heavy atom. The molecule has 3 aromatic rings. The molecule has 2 aliphatic heterocycles. The monoisotopic (exact) mass is 428 g/mol. The normalized spacial score (nSPS) is 23.8. The fourth-order valence-electron chi connectivity index (χ4n) is 4.28. The number of ether oxygens (including phenoxy) is 2. The zero-order chi connectivity index (χ0) is 20.3. The van der Waals surface area contributed by atoms with Crippen LogP contribution in [0, 0.1) is 18.6 Å². The minimum Gasteiger partial charge on any atom is -0.343 e. The van der Waals surface area contributed by atoms with E-state index in [2.05, 4.69) is 35.1 Å². The van der Waals surface area contributed by atoms with E-state index in [1.807, 2.05) is 24.3 Å². The van der Waals surface area contributed by atoms with Gasteiger partial charge in [-0.05, 0) is 61.0 Å². The van der Waals surface area contributed by atoms with Crippen LogP contribution in [0.3, 0.4) is 0 Å². The van der Waals surface area contributed by atoms with E-state index in [9.17, 15) is 4.79 Å². The number of imidazole rings is 1. The Hall–Kier alpha value is -1.99. The standard InChI is InChI=1S/C22H21ClN2O3S/c1-12-7-16-17(8-13(12)2)25(18-9-19(26)21-27-11-20(18)28-21)22(29)24(16)10-14-5-3-4-6-15(14)23/h3-8,18,20-21H,9-11H2,1-2H3/t18-,20-,21+/m1/s1. The summed E-state index contributed by atoms with van der Waals surface area (Å²) in [4.78, 5) is 12.4. The maximum Gasteiger partial charge on any atom is 0.218 e. The second-order valence-electron chi connectivity index (χ2n) is 7.83. The number of nitrogens with zero attached hydrogens (tertiary/aromatic N) is 2. The Balaban J connectivity index is 1.71. The number of rotatable bonds is 3. The molecule has 0 saturated carbocycles. The fourth-order valence-corrected chi connectivity index (χ4v) is 4.87. The maximum atomic E-state index is 12.4. The molecule has 2 aliphatic rings. The van der Waals surface area contributed by atoms with Crippen molar-refractivity contribution in [1.29, 1.82) is 0 Å². The van der Waals surface area contributed by atoms with Gasteiger partial charge < -0.3 is 18.6 Å². The predicted octanol–water partition coefficient (Wildman–Crippen LogP) is 4.75. The highest BCUT2D eigenvalue weighted by Crippen LogP contribution is 2.37. The zero-order valence-electron chi connectivity index (χ0n) is 16.2. The number of carbonyl (C=O) groups excluding carboxylic acids is 1. The largest absolute Gasteiger partial charge is 0.343 e. The van der Waals surface area contributed by atoms with Crippen LogP contribution in [-0.2, 0) is 20.8 Å². The third-order valence-corrected chi connectivity index (χ3v) is 6.79. The summed E-state index contributed by atoms with van der Waals surface area (Å²) in [6.45, 7) is 5.16. The highest BCUT2D eigenvalue weighted by Gasteiger charge is 2.44. The van der Waals surface area contributed by atoms with Crippen LogP contribution in [0.15, 0.2) is 36.4 Å². The van der Waals surface area contributed by atoms with Crippen LogP contribution >= 0.6 is 23.8 Å². The molecule has 0 unspecified atom stereocenters. The van der Waals surface area contributed by atoms with Crippen LogP contribution in [0.2, 0.25) is 5.02 Å². The van der Waals surface area contributed by atoms with E-state index in [-0.39, 0.29) is 17.9 Å². The molecular weight excluding hydrogens is 408 g/mol. The second-order valence-corrected chi connectivity index (χ2v) is 8.61. The van der Waals surface area contributed by atoms with Crippen molar-refractivity contribution in [2.24, 2.45) is 0 Å². The highest BCUT2D eigenvalue weighted by atomic mass is 35.5. The first-order valence-electron chi connectivity index (χ1n) is 9.69. The summed E-state index contributed by atoms with van der Waals surface area (Å²) in [6.07, 6.45) is -0.529. The minimum atomic E-state index is -0.717. The van der Waals surface area contributed by atoms with Crippen LogP contribution in [0.4, 0.5) is 0 Å². The average molecular weight is 429 g/mol. The lowest BCUT2D eigenvalue weighted by molar-refractivity contribution is -0.156. The van der Waals surface area contributed by atoms with Crippen molar-refractivity contribution in [2.45, 2.75) is 45.2 Å². The number of aryl methyl sites for hydroxylation is 2. The maximum absolute atomic E-state index is 12.4. The van der Waals surface area contributed by atoms with Gasteiger partial charge in [-0.1, -0.05) is 29.8 Å². The predicted molar refractivity (Wildman–Crippen MR) is 114 cm³/mol. The number of carbonyl (C=O) groups is 1. The van der Waals surface area contributed by atoms with E-state index < -0.39 is 6.29 Å². The Kier molecular flexibility index (Phi) is 4.62. The molecule has 2 saturated heterocycles. The number of ketones is 1. The number of halogens is 1. The number of aromatic nitrogens is 2. The molecule has 2 bridgehead atoms. The first-order valence-corrected chi connectivity index (χ1v) is 10.5. The molecular formula is C22H21ClN2O3S. The molecule has 0 amide bonds. The number of Topliss-reactive ketones (excluding diaryl/α,β-unsaturated/α-hetero) is 1. The van der Waals surface area contributed by atoms with Crippen LogP contribution in [0.1, 0.15) is 29.2 Å². The van der Waals surface area contributed by atoms with Crippen molar-refractivity contribution >= 4 is 40.6 Å². The molecule has 0 N–H and O–H groups in total. The quantitative estimate of drug-likeness (QED) is 0.565. The summed E-state index contributed by atoms with van der Waals surface area (Å²) >= 11 is 12.4. The number of hydrogen-bond acceptors (Lipinski definition) is 4. The van der Waals surface area contributed by atoms with Crippen molar-refractivity contribution in [3.05, 3.63) is 62.9 Å². The van der Waals surface area contributed by atoms with Gasteiger partial charge in [-0.25, -0.2) is 0 Å². The molecule has 5 nitrogen and oxygen atoms in total. The summed E-state index contributed by atoms with van der Waals surface area (Å²) in [5, 5.41) is 0.711. The molecule has 2 fully saturated rings. The summed E-state index contributed by atoms with van der Waals surface area (Å²) in [5.74, 6) is -0.0264. The number of fused-ring (bicyclic) bond motifs is 3. The highest BCUT2D eigenvalue weighted by molar-refractivity contribution is 7.71. The van der Waals surface area contributed by atoms with Crippen LogP contribution in [0.25, 0.3) is 11.0 Å². The molecule has 1 aromatic heterocycles. The van der Waals surface area contributed by atoms with Gasteiger partial charge in [-0.15, -0.1) is 0 Å². The first kappa shape index (κ1) is 19.0. The molecule has 7 heteroatoms. The molecule has 150 valence electrons. The smallest absolute Gasteiger partial charge is 0.218 e. The van der Waals surface area contributed by atoms with Gasteiger partial charge in [0.1, 0.15) is 6.10 Å². The number of hydrogen-bond donors (Lipinski definition) is 0. The summed E-state index contributed by atoms with van der Waals surface area (Å²) in [6, 6.07) is 11.9. The zero-order valence-corrected chi connectivity index (χ0v) is 17.8. The van der Waals surface area contributed by atoms with E-state index in [4.69, 9.17) is 33.3 Å². The third kappa shape index (κ3) is 3.06. The van der Waals surface area contributed by atoms with Crippen molar-refractivity contribution < 1.29 is 14.3 Å². The fraction of sp³-hybridized carbons (Fsp3) is 0.364. The lowest BCUT2D eigenvalue weighted by Gasteiger charge is -2.28. The van der Waals surface area contributed by atoms with Crippen LogP contribution in [-0.4, -0.2) is 33.9 Å². The topological polar surface area (TPSA) is 45.4 Å². The van der Waals surface area contributed by atoms with E-state index in [1.54, 1.807) is 0 Å². The Labute approximate surface area is 178 Å². The van der Waals surface area contributed by atoms with Gasteiger partial charge >= 0.3 is 0 Å².